The number of carbonyl (C=O) groups is 1. The van der Waals surface area contributed by atoms with Gasteiger partial charge in [-0.15, -0.1) is 0 Å². The van der Waals surface area contributed by atoms with Gasteiger partial charge in [0.25, 0.3) is 10.0 Å². The van der Waals surface area contributed by atoms with Crippen molar-refractivity contribution in [2.75, 3.05) is 22.8 Å². The molecule has 3 aromatic rings. The molecular weight excluding hydrogens is 438 g/mol. The van der Waals surface area contributed by atoms with Crippen molar-refractivity contribution in [3.05, 3.63) is 83.5 Å². The molecule has 1 amide bonds. The molecule has 0 bridgehead atoms. The van der Waals surface area contributed by atoms with Gasteiger partial charge < -0.3 is 4.74 Å². The molecule has 0 fully saturated rings. The second-order valence-corrected chi connectivity index (χ2v) is 9.37. The molecule has 1 unspecified atom stereocenters. The van der Waals surface area contributed by atoms with Gasteiger partial charge in [-0.25, -0.2) is 18.2 Å². The molecule has 0 aliphatic carbocycles. The Labute approximate surface area is 185 Å². The second-order valence-electron chi connectivity index (χ2n) is 7.08. The molecule has 2 heterocycles. The third-order valence-corrected chi connectivity index (χ3v) is 7.06. The lowest BCUT2D eigenvalue weighted by molar-refractivity contribution is 0.108. The van der Waals surface area contributed by atoms with Crippen LogP contribution in [0.4, 0.5) is 16.3 Å². The molecule has 0 radical (unpaired) electrons. The Morgan fingerprint density at radius 3 is 2.52 bits per heavy atom. The minimum Gasteiger partial charge on any atom is -0.444 e. The van der Waals surface area contributed by atoms with E-state index in [2.05, 4.69) is 4.98 Å². The average Bonchev–Trinajstić information content (AvgIpc) is 2.79. The molecule has 0 saturated heterocycles. The van der Waals surface area contributed by atoms with E-state index in [-0.39, 0.29) is 11.4 Å². The maximum Gasteiger partial charge on any atom is 0.415 e. The summed E-state index contributed by atoms with van der Waals surface area (Å²) in [5.74, 6) is 0.439. The normalized spacial score (nSPS) is 15.8. The minimum absolute atomic E-state index is 0.00374. The molecule has 4 rings (SSSR count). The van der Waals surface area contributed by atoms with Crippen LogP contribution in [0.1, 0.15) is 5.56 Å². The fraction of sp³-hybridized carbons (Fsp3) is 0.182. The Morgan fingerprint density at radius 1 is 1.10 bits per heavy atom. The number of benzene rings is 2. The number of rotatable bonds is 4. The lowest BCUT2D eigenvalue weighted by Crippen LogP contribution is -2.45. The number of fused-ring (bicyclic) bond motifs is 1. The smallest absolute Gasteiger partial charge is 0.415 e. The van der Waals surface area contributed by atoms with E-state index in [1.165, 1.54) is 33.5 Å². The van der Waals surface area contributed by atoms with Gasteiger partial charge >= 0.3 is 6.09 Å². The van der Waals surface area contributed by atoms with Gasteiger partial charge in [0.2, 0.25) is 0 Å². The number of nitrogens with zero attached hydrogens (tertiary/aromatic N) is 3. The van der Waals surface area contributed by atoms with E-state index in [1.807, 2.05) is 12.1 Å². The van der Waals surface area contributed by atoms with Gasteiger partial charge in [-0.3, -0.25) is 9.21 Å². The fourth-order valence-electron chi connectivity index (χ4n) is 3.43. The highest BCUT2D eigenvalue weighted by atomic mass is 35.5. The van der Waals surface area contributed by atoms with E-state index in [1.54, 1.807) is 43.6 Å². The summed E-state index contributed by atoms with van der Waals surface area (Å²) in [6.07, 6.45) is 0.726. The first-order chi connectivity index (χ1) is 14.9. The first-order valence-corrected chi connectivity index (χ1v) is 11.4. The van der Waals surface area contributed by atoms with Crippen LogP contribution in [0.2, 0.25) is 5.02 Å². The van der Waals surface area contributed by atoms with Gasteiger partial charge in [0.05, 0.1) is 17.1 Å². The highest BCUT2D eigenvalue weighted by molar-refractivity contribution is 7.92. The predicted molar refractivity (Wildman–Crippen MR) is 119 cm³/mol. The van der Waals surface area contributed by atoms with Crippen molar-refractivity contribution in [2.24, 2.45) is 0 Å². The van der Waals surface area contributed by atoms with Crippen LogP contribution in [0.3, 0.4) is 0 Å². The Kier molecular flexibility index (Phi) is 5.84. The minimum atomic E-state index is -3.88. The van der Waals surface area contributed by atoms with Crippen LogP contribution >= 0.6 is 11.6 Å². The van der Waals surface area contributed by atoms with Crippen molar-refractivity contribution in [3.8, 4) is 0 Å². The van der Waals surface area contributed by atoms with Gasteiger partial charge in [0, 0.05) is 24.7 Å². The number of anilines is 2. The highest BCUT2D eigenvalue weighted by Gasteiger charge is 2.35. The highest BCUT2D eigenvalue weighted by Crippen LogP contribution is 2.33. The summed E-state index contributed by atoms with van der Waals surface area (Å²) in [5, 5.41) is 0.447. The SMILES string of the molecule is CN(C(=O)OC1Cc2ccccc2N(S(=O)(=O)c2ccc(Cl)cc2)C1)c1ccccn1. The van der Waals surface area contributed by atoms with E-state index in [0.717, 1.165) is 5.56 Å². The van der Waals surface area contributed by atoms with Crippen molar-refractivity contribution in [2.45, 2.75) is 17.4 Å². The number of hydrogen-bond donors (Lipinski definition) is 0. The quantitative estimate of drug-likeness (QED) is 0.588. The zero-order valence-corrected chi connectivity index (χ0v) is 18.3. The summed E-state index contributed by atoms with van der Waals surface area (Å²) in [4.78, 5) is 18.2. The summed E-state index contributed by atoms with van der Waals surface area (Å²) < 4.78 is 33.7. The van der Waals surface area contributed by atoms with Gasteiger partial charge in [0.15, 0.2) is 0 Å². The number of carbonyl (C=O) groups excluding carboxylic acids is 1. The average molecular weight is 458 g/mol. The summed E-state index contributed by atoms with van der Waals surface area (Å²) in [7, 11) is -2.32. The third-order valence-electron chi connectivity index (χ3n) is 5.01. The van der Waals surface area contributed by atoms with E-state index >= 15 is 0 Å². The molecule has 0 N–H and O–H groups in total. The topological polar surface area (TPSA) is 79.8 Å². The van der Waals surface area contributed by atoms with Gasteiger partial charge in [-0.1, -0.05) is 35.9 Å². The van der Waals surface area contributed by atoms with Crippen LogP contribution in [-0.2, 0) is 21.2 Å². The zero-order valence-electron chi connectivity index (χ0n) is 16.7. The number of ether oxygens (including phenoxy) is 1. The molecule has 1 atom stereocenters. The Hall–Kier alpha value is -3.10. The van der Waals surface area contributed by atoms with Gasteiger partial charge in [-0.05, 0) is 48.0 Å². The number of halogens is 1. The molecule has 0 spiro atoms. The Morgan fingerprint density at radius 2 is 1.81 bits per heavy atom. The number of para-hydroxylation sites is 1. The summed E-state index contributed by atoms with van der Waals surface area (Å²) in [6.45, 7) is 0.00374. The van der Waals surface area contributed by atoms with E-state index < -0.39 is 22.2 Å². The van der Waals surface area contributed by atoms with Crippen LogP contribution in [0, 0.1) is 0 Å². The molecule has 31 heavy (non-hydrogen) atoms. The predicted octanol–water partition coefficient (Wildman–Crippen LogP) is 4.13. The maximum atomic E-state index is 13.4. The summed E-state index contributed by atoms with van der Waals surface area (Å²) in [6, 6.07) is 18.4. The molecule has 160 valence electrons. The molecule has 1 aliphatic heterocycles. The lowest BCUT2D eigenvalue weighted by Gasteiger charge is -2.35. The fourth-order valence-corrected chi connectivity index (χ4v) is 5.09. The lowest BCUT2D eigenvalue weighted by atomic mass is 10.0. The number of sulfonamides is 1. The second kappa shape index (κ2) is 8.56. The number of amides is 1. The number of aromatic nitrogens is 1. The molecule has 7 nitrogen and oxygen atoms in total. The zero-order chi connectivity index (χ0) is 22.0. The molecule has 2 aromatic carbocycles. The summed E-state index contributed by atoms with van der Waals surface area (Å²) >= 11 is 5.91. The Balaban J connectivity index is 1.61. The van der Waals surface area contributed by atoms with E-state index in [0.29, 0.717) is 22.9 Å². The molecule has 0 saturated carbocycles. The first-order valence-electron chi connectivity index (χ1n) is 9.58. The number of pyridine rings is 1. The standard InChI is InChI=1S/C22H20ClN3O4S/c1-25(21-8-4-5-13-24-21)22(27)30-18-14-16-6-2-3-7-20(16)26(15-18)31(28,29)19-11-9-17(23)10-12-19/h2-13,18H,14-15H2,1H3. The monoisotopic (exact) mass is 457 g/mol. The van der Waals surface area contributed by atoms with Gasteiger partial charge in [-0.2, -0.15) is 0 Å². The van der Waals surface area contributed by atoms with Crippen molar-refractivity contribution < 1.29 is 17.9 Å². The van der Waals surface area contributed by atoms with Crippen LogP contribution in [0.15, 0.2) is 77.8 Å². The van der Waals surface area contributed by atoms with E-state index in [9.17, 15) is 13.2 Å². The number of hydrogen-bond acceptors (Lipinski definition) is 5. The van der Waals surface area contributed by atoms with Crippen molar-refractivity contribution >= 4 is 39.2 Å². The summed E-state index contributed by atoms with van der Waals surface area (Å²) in [5.41, 5.74) is 1.35. The van der Waals surface area contributed by atoms with Crippen LogP contribution < -0.4 is 9.21 Å². The molecule has 1 aliphatic rings. The third kappa shape index (κ3) is 4.35. The maximum absolute atomic E-state index is 13.4. The van der Waals surface area contributed by atoms with Crippen LogP contribution in [-0.4, -0.2) is 39.2 Å². The molecular formula is C22H20ClN3O4S. The van der Waals surface area contributed by atoms with Crippen molar-refractivity contribution in [1.82, 2.24) is 4.98 Å². The first kappa shape index (κ1) is 21.1. The van der Waals surface area contributed by atoms with Crippen molar-refractivity contribution in [1.29, 1.82) is 0 Å². The molecule has 9 heteroatoms. The van der Waals surface area contributed by atoms with Crippen LogP contribution in [0.25, 0.3) is 0 Å². The van der Waals surface area contributed by atoms with Crippen LogP contribution in [0.5, 0.6) is 0 Å². The van der Waals surface area contributed by atoms with Gasteiger partial charge in [0.1, 0.15) is 11.9 Å². The Bertz CT molecular complexity index is 1190. The largest absolute Gasteiger partial charge is 0.444 e. The van der Waals surface area contributed by atoms with E-state index in [4.69, 9.17) is 16.3 Å². The molecule has 1 aromatic heterocycles. The van der Waals surface area contributed by atoms with Crippen molar-refractivity contribution in [3.63, 3.8) is 0 Å².